The second-order valence-corrected chi connectivity index (χ2v) is 7.03. The second-order valence-electron chi connectivity index (χ2n) is 7.03. The smallest absolute Gasteiger partial charge is 0.0690 e. The monoisotopic (exact) mass is 346 g/mol. The number of likely N-dealkylation sites (tertiary alicyclic amines) is 1. The fraction of sp³-hybridized carbons (Fsp3) is 0.318. The first kappa shape index (κ1) is 17.0. The van der Waals surface area contributed by atoms with Crippen LogP contribution in [0.1, 0.15) is 30.5 Å². The minimum Gasteiger partial charge on any atom is -0.309 e. The number of rotatable bonds is 6. The Morgan fingerprint density at radius 3 is 2.69 bits per heavy atom. The molecule has 1 fully saturated rings. The predicted octanol–water partition coefficient (Wildman–Crippen LogP) is 3.80. The molecule has 2 atom stereocenters. The highest BCUT2D eigenvalue weighted by molar-refractivity contribution is 5.40. The Hall–Kier alpha value is -2.43. The normalized spacial score (nSPS) is 18.9. The van der Waals surface area contributed by atoms with E-state index in [4.69, 9.17) is 0 Å². The Morgan fingerprint density at radius 2 is 1.88 bits per heavy atom. The predicted molar refractivity (Wildman–Crippen MR) is 105 cm³/mol. The third kappa shape index (κ3) is 3.71. The molecule has 2 aromatic carbocycles. The van der Waals surface area contributed by atoms with Crippen LogP contribution in [0.4, 0.5) is 0 Å². The molecule has 26 heavy (non-hydrogen) atoms. The van der Waals surface area contributed by atoms with Gasteiger partial charge in [0.05, 0.1) is 5.69 Å². The van der Waals surface area contributed by atoms with Gasteiger partial charge < -0.3 is 5.32 Å². The van der Waals surface area contributed by atoms with Crippen LogP contribution < -0.4 is 5.32 Å². The highest BCUT2D eigenvalue weighted by atomic mass is 15.3. The van der Waals surface area contributed by atoms with Gasteiger partial charge in [-0.3, -0.25) is 4.90 Å². The molecule has 2 heterocycles. The number of benzene rings is 2. The molecule has 0 radical (unpaired) electrons. The standard InChI is InChI=1S/C22H26N4/c1-18(19-8-3-2-4-9-19)25-15-12-21(17-25)23-16-20-10-5-6-11-22(20)26-14-7-13-24-26/h2-11,13-14,18,21,23H,12,15-17H2,1H3/t18-,21+/m0/s1. The van der Waals surface area contributed by atoms with Gasteiger partial charge >= 0.3 is 0 Å². The van der Waals surface area contributed by atoms with Gasteiger partial charge in [0.25, 0.3) is 0 Å². The highest BCUT2D eigenvalue weighted by Gasteiger charge is 2.26. The van der Waals surface area contributed by atoms with Crippen LogP contribution in [0, 0.1) is 0 Å². The largest absolute Gasteiger partial charge is 0.309 e. The van der Waals surface area contributed by atoms with Gasteiger partial charge in [-0.15, -0.1) is 0 Å². The molecule has 0 unspecified atom stereocenters. The zero-order valence-electron chi connectivity index (χ0n) is 15.3. The van der Waals surface area contributed by atoms with Crippen LogP contribution in [-0.4, -0.2) is 33.8 Å². The first-order chi connectivity index (χ1) is 12.8. The van der Waals surface area contributed by atoms with Gasteiger partial charge in [0.1, 0.15) is 0 Å². The SMILES string of the molecule is C[C@@H](c1ccccc1)N1CC[C@@H](NCc2ccccc2-n2cccn2)C1. The molecule has 4 rings (SSSR count). The maximum Gasteiger partial charge on any atom is 0.0690 e. The summed E-state index contributed by atoms with van der Waals surface area (Å²) in [6.45, 7) is 5.42. The summed E-state index contributed by atoms with van der Waals surface area (Å²) in [6, 6.07) is 22.2. The second kappa shape index (κ2) is 7.85. The van der Waals surface area contributed by atoms with Crippen molar-refractivity contribution in [3.63, 3.8) is 0 Å². The molecule has 134 valence electrons. The summed E-state index contributed by atoms with van der Waals surface area (Å²) >= 11 is 0. The fourth-order valence-corrected chi connectivity index (χ4v) is 3.80. The average molecular weight is 346 g/mol. The zero-order chi connectivity index (χ0) is 17.8. The van der Waals surface area contributed by atoms with Gasteiger partial charge in [-0.2, -0.15) is 5.10 Å². The molecule has 4 heteroatoms. The molecule has 3 aromatic rings. The third-order valence-electron chi connectivity index (χ3n) is 5.37. The molecule has 1 saturated heterocycles. The molecule has 1 aliphatic rings. The Kier molecular flexibility index (Phi) is 5.14. The molecular formula is C22H26N4. The maximum atomic E-state index is 4.38. The van der Waals surface area contributed by atoms with E-state index in [1.54, 1.807) is 0 Å². The van der Waals surface area contributed by atoms with Crippen molar-refractivity contribution >= 4 is 0 Å². The summed E-state index contributed by atoms with van der Waals surface area (Å²) in [5, 5.41) is 8.13. The molecular weight excluding hydrogens is 320 g/mol. The van der Waals surface area contributed by atoms with Crippen LogP contribution in [0.15, 0.2) is 73.1 Å². The maximum absolute atomic E-state index is 4.38. The first-order valence-corrected chi connectivity index (χ1v) is 9.41. The van der Waals surface area contributed by atoms with Crippen molar-refractivity contribution in [2.24, 2.45) is 0 Å². The summed E-state index contributed by atoms with van der Waals surface area (Å²) in [4.78, 5) is 2.58. The van der Waals surface area contributed by atoms with E-state index in [2.05, 4.69) is 76.8 Å². The van der Waals surface area contributed by atoms with Gasteiger partial charge in [0.2, 0.25) is 0 Å². The number of nitrogens with one attached hydrogen (secondary N) is 1. The minimum atomic E-state index is 0.472. The molecule has 1 aliphatic heterocycles. The van der Waals surface area contributed by atoms with Gasteiger partial charge in [-0.05, 0) is 36.6 Å². The average Bonchev–Trinajstić information content (AvgIpc) is 3.39. The van der Waals surface area contributed by atoms with Crippen molar-refractivity contribution in [2.75, 3.05) is 13.1 Å². The Balaban J connectivity index is 1.37. The van der Waals surface area contributed by atoms with Crippen LogP contribution in [0.25, 0.3) is 5.69 Å². The topological polar surface area (TPSA) is 33.1 Å². The van der Waals surface area contributed by atoms with Gasteiger partial charge in [0.15, 0.2) is 0 Å². The van der Waals surface area contributed by atoms with Gasteiger partial charge in [-0.25, -0.2) is 4.68 Å². The molecule has 4 nitrogen and oxygen atoms in total. The first-order valence-electron chi connectivity index (χ1n) is 9.41. The molecule has 0 spiro atoms. The number of aromatic nitrogens is 2. The molecule has 0 saturated carbocycles. The molecule has 1 N–H and O–H groups in total. The van der Waals surface area contributed by atoms with Crippen LogP contribution in [-0.2, 0) is 6.54 Å². The Labute approximate surface area is 155 Å². The molecule has 0 bridgehead atoms. The zero-order valence-corrected chi connectivity index (χ0v) is 15.3. The Bertz CT molecular complexity index is 813. The van der Waals surface area contributed by atoms with Crippen LogP contribution in [0.5, 0.6) is 0 Å². The summed E-state index contributed by atoms with van der Waals surface area (Å²) in [6.07, 6.45) is 5.02. The van der Waals surface area contributed by atoms with Crippen molar-refractivity contribution in [2.45, 2.75) is 32.0 Å². The summed E-state index contributed by atoms with van der Waals surface area (Å²) in [5.41, 5.74) is 3.83. The van der Waals surface area contributed by atoms with Crippen molar-refractivity contribution in [3.05, 3.63) is 84.2 Å². The third-order valence-corrected chi connectivity index (χ3v) is 5.37. The van der Waals surface area contributed by atoms with E-state index >= 15 is 0 Å². The quantitative estimate of drug-likeness (QED) is 0.737. The van der Waals surface area contributed by atoms with Crippen LogP contribution in [0.2, 0.25) is 0 Å². The van der Waals surface area contributed by atoms with Gasteiger partial charge in [-0.1, -0.05) is 48.5 Å². The van der Waals surface area contributed by atoms with E-state index < -0.39 is 0 Å². The lowest BCUT2D eigenvalue weighted by molar-refractivity contribution is 0.255. The highest BCUT2D eigenvalue weighted by Crippen LogP contribution is 2.24. The van der Waals surface area contributed by atoms with Crippen molar-refractivity contribution in [1.29, 1.82) is 0 Å². The lowest BCUT2D eigenvalue weighted by atomic mass is 10.1. The number of hydrogen-bond acceptors (Lipinski definition) is 3. The summed E-state index contributed by atoms with van der Waals surface area (Å²) < 4.78 is 1.94. The van der Waals surface area contributed by atoms with E-state index in [-0.39, 0.29) is 0 Å². The van der Waals surface area contributed by atoms with E-state index in [9.17, 15) is 0 Å². The van der Waals surface area contributed by atoms with Crippen molar-refractivity contribution in [1.82, 2.24) is 20.0 Å². The van der Waals surface area contributed by atoms with E-state index in [0.717, 1.165) is 25.3 Å². The lowest BCUT2D eigenvalue weighted by Gasteiger charge is -2.25. The van der Waals surface area contributed by atoms with Crippen LogP contribution >= 0.6 is 0 Å². The number of nitrogens with zero attached hydrogens (tertiary/aromatic N) is 3. The van der Waals surface area contributed by atoms with Crippen molar-refractivity contribution < 1.29 is 0 Å². The molecule has 1 aromatic heterocycles. The lowest BCUT2D eigenvalue weighted by Crippen LogP contribution is -2.33. The minimum absolute atomic E-state index is 0.472. The van der Waals surface area contributed by atoms with Crippen LogP contribution in [0.3, 0.4) is 0 Å². The summed E-state index contributed by atoms with van der Waals surface area (Å²) in [7, 11) is 0. The Morgan fingerprint density at radius 1 is 1.08 bits per heavy atom. The number of hydrogen-bond donors (Lipinski definition) is 1. The van der Waals surface area contributed by atoms with E-state index in [1.807, 2.05) is 23.1 Å². The van der Waals surface area contributed by atoms with E-state index in [1.165, 1.54) is 17.5 Å². The van der Waals surface area contributed by atoms with Crippen molar-refractivity contribution in [3.8, 4) is 5.69 Å². The fourth-order valence-electron chi connectivity index (χ4n) is 3.80. The molecule has 0 aliphatic carbocycles. The summed E-state index contributed by atoms with van der Waals surface area (Å²) in [5.74, 6) is 0. The van der Waals surface area contributed by atoms with Gasteiger partial charge in [0, 0.05) is 44.1 Å². The number of para-hydroxylation sites is 1. The van der Waals surface area contributed by atoms with E-state index in [0.29, 0.717) is 12.1 Å². The molecule has 0 amide bonds.